The number of hydrogen-bond donors (Lipinski definition) is 3. The molecule has 3 N–H and O–H groups in total. The van der Waals surface area contributed by atoms with Gasteiger partial charge in [-0.2, -0.15) is 0 Å². The van der Waals surface area contributed by atoms with E-state index in [1.165, 1.54) is 0 Å². The molecule has 0 spiro atoms. The minimum absolute atomic E-state index is 0.162. The van der Waals surface area contributed by atoms with Crippen molar-refractivity contribution in [3.63, 3.8) is 0 Å². The number of rotatable bonds is 3. The summed E-state index contributed by atoms with van der Waals surface area (Å²) in [5.41, 5.74) is 0. The summed E-state index contributed by atoms with van der Waals surface area (Å²) in [6.07, 6.45) is 0.922. The van der Waals surface area contributed by atoms with Crippen molar-refractivity contribution in [3.8, 4) is 0 Å². The molecular weight excluding hydrogens is 152 g/mol. The summed E-state index contributed by atoms with van der Waals surface area (Å²) in [5, 5.41) is 16.1. The number of piperidine rings is 1. The molecule has 2 atom stereocenters. The highest BCUT2D eigenvalue weighted by Crippen LogP contribution is 2.11. The van der Waals surface area contributed by atoms with E-state index in [0.29, 0.717) is 12.0 Å². The summed E-state index contributed by atoms with van der Waals surface area (Å²) in [6, 6.07) is 0.520. The van der Waals surface area contributed by atoms with Gasteiger partial charge in [0.1, 0.15) is 0 Å². The van der Waals surface area contributed by atoms with Crippen LogP contribution in [-0.4, -0.2) is 36.9 Å². The molecule has 0 unspecified atom stereocenters. The van der Waals surface area contributed by atoms with E-state index in [1.807, 2.05) is 0 Å². The van der Waals surface area contributed by atoms with Crippen molar-refractivity contribution in [1.82, 2.24) is 10.6 Å². The van der Waals surface area contributed by atoms with Crippen LogP contribution in [0.4, 0.5) is 0 Å². The Labute approximate surface area is 74.5 Å². The first-order chi connectivity index (χ1) is 5.70. The molecule has 72 valence electrons. The quantitative estimate of drug-likeness (QED) is 0.559. The average Bonchev–Trinajstić information content (AvgIpc) is 2.03. The lowest BCUT2D eigenvalue weighted by atomic mass is 9.95. The topological polar surface area (TPSA) is 44.3 Å². The molecule has 0 aromatic heterocycles. The lowest BCUT2D eigenvalue weighted by Crippen LogP contribution is -2.45. The van der Waals surface area contributed by atoms with E-state index < -0.39 is 0 Å². The maximum Gasteiger partial charge on any atom is 0.0705 e. The highest BCUT2D eigenvalue weighted by molar-refractivity contribution is 4.79. The molecule has 0 radical (unpaired) electrons. The van der Waals surface area contributed by atoms with Crippen molar-refractivity contribution < 1.29 is 5.11 Å². The molecule has 3 heteroatoms. The van der Waals surface area contributed by atoms with Crippen molar-refractivity contribution in [2.24, 2.45) is 5.92 Å². The Balaban J connectivity index is 2.20. The maximum absolute atomic E-state index is 9.58. The van der Waals surface area contributed by atoms with Gasteiger partial charge < -0.3 is 15.7 Å². The SMILES string of the molecule is CC(C)NC[C@H]1CCNC[C@H]1O. The molecule has 0 aromatic carbocycles. The van der Waals surface area contributed by atoms with Crippen LogP contribution < -0.4 is 10.6 Å². The number of aliphatic hydroxyl groups excluding tert-OH is 1. The Morgan fingerprint density at radius 3 is 2.92 bits per heavy atom. The Morgan fingerprint density at radius 2 is 2.33 bits per heavy atom. The van der Waals surface area contributed by atoms with Crippen molar-refractivity contribution in [2.45, 2.75) is 32.4 Å². The zero-order valence-electron chi connectivity index (χ0n) is 8.01. The van der Waals surface area contributed by atoms with Crippen LogP contribution in [0.1, 0.15) is 20.3 Å². The first-order valence-electron chi connectivity index (χ1n) is 4.82. The van der Waals surface area contributed by atoms with Gasteiger partial charge in [-0.25, -0.2) is 0 Å². The second kappa shape index (κ2) is 4.80. The molecule has 12 heavy (non-hydrogen) atoms. The second-order valence-corrected chi connectivity index (χ2v) is 3.88. The predicted molar refractivity (Wildman–Crippen MR) is 50.1 cm³/mol. The molecule has 0 aromatic rings. The van der Waals surface area contributed by atoms with Gasteiger partial charge >= 0.3 is 0 Å². The summed E-state index contributed by atoms with van der Waals surface area (Å²) >= 11 is 0. The molecular formula is C9H20N2O. The highest BCUT2D eigenvalue weighted by Gasteiger charge is 2.22. The second-order valence-electron chi connectivity index (χ2n) is 3.88. The van der Waals surface area contributed by atoms with Gasteiger partial charge in [0.15, 0.2) is 0 Å². The average molecular weight is 172 g/mol. The fourth-order valence-electron chi connectivity index (χ4n) is 1.52. The standard InChI is InChI=1S/C9H20N2O/c1-7(2)11-5-8-3-4-10-6-9(8)12/h7-12H,3-6H2,1-2H3/t8-,9-/m1/s1. The molecule has 0 amide bonds. The summed E-state index contributed by atoms with van der Waals surface area (Å²) < 4.78 is 0. The molecule has 1 saturated heterocycles. The lowest BCUT2D eigenvalue weighted by molar-refractivity contribution is 0.0805. The zero-order valence-corrected chi connectivity index (χ0v) is 8.01. The van der Waals surface area contributed by atoms with E-state index in [-0.39, 0.29) is 6.10 Å². The smallest absolute Gasteiger partial charge is 0.0705 e. The van der Waals surface area contributed by atoms with Crippen LogP contribution in [0.3, 0.4) is 0 Å². The van der Waals surface area contributed by atoms with E-state index in [1.54, 1.807) is 0 Å². The van der Waals surface area contributed by atoms with Gasteiger partial charge in [-0.1, -0.05) is 13.8 Å². The van der Waals surface area contributed by atoms with Crippen LogP contribution in [0, 0.1) is 5.92 Å². The molecule has 1 fully saturated rings. The Morgan fingerprint density at radius 1 is 1.58 bits per heavy atom. The van der Waals surface area contributed by atoms with E-state index >= 15 is 0 Å². The summed E-state index contributed by atoms with van der Waals surface area (Å²) in [6.45, 7) is 7.01. The van der Waals surface area contributed by atoms with E-state index in [4.69, 9.17) is 0 Å². The third-order valence-electron chi connectivity index (χ3n) is 2.38. The first kappa shape index (κ1) is 9.96. The lowest BCUT2D eigenvalue weighted by Gasteiger charge is -2.29. The van der Waals surface area contributed by atoms with Crippen molar-refractivity contribution in [3.05, 3.63) is 0 Å². The van der Waals surface area contributed by atoms with Crippen LogP contribution in [-0.2, 0) is 0 Å². The van der Waals surface area contributed by atoms with Crippen LogP contribution in [0.25, 0.3) is 0 Å². The zero-order chi connectivity index (χ0) is 8.97. The minimum atomic E-state index is -0.162. The van der Waals surface area contributed by atoms with Crippen molar-refractivity contribution in [1.29, 1.82) is 0 Å². The van der Waals surface area contributed by atoms with Crippen LogP contribution in [0.15, 0.2) is 0 Å². The molecule has 0 aliphatic carbocycles. The number of nitrogens with one attached hydrogen (secondary N) is 2. The van der Waals surface area contributed by atoms with E-state index in [2.05, 4.69) is 24.5 Å². The third kappa shape index (κ3) is 3.09. The van der Waals surface area contributed by atoms with Gasteiger partial charge in [0.25, 0.3) is 0 Å². The third-order valence-corrected chi connectivity index (χ3v) is 2.38. The highest BCUT2D eigenvalue weighted by atomic mass is 16.3. The van der Waals surface area contributed by atoms with E-state index in [0.717, 1.165) is 26.1 Å². The molecule has 0 saturated carbocycles. The van der Waals surface area contributed by atoms with Gasteiger partial charge in [0.2, 0.25) is 0 Å². The normalized spacial score (nSPS) is 31.0. The molecule has 1 rings (SSSR count). The van der Waals surface area contributed by atoms with Gasteiger partial charge in [-0.05, 0) is 18.9 Å². The van der Waals surface area contributed by atoms with Crippen LogP contribution in [0.5, 0.6) is 0 Å². The van der Waals surface area contributed by atoms with Gasteiger partial charge in [0.05, 0.1) is 6.10 Å². The monoisotopic (exact) mass is 172 g/mol. The molecule has 3 nitrogen and oxygen atoms in total. The Kier molecular flexibility index (Phi) is 3.98. The predicted octanol–water partition coefficient (Wildman–Crippen LogP) is -0.0452. The molecule has 1 aliphatic heterocycles. The fraction of sp³-hybridized carbons (Fsp3) is 1.00. The van der Waals surface area contributed by atoms with E-state index in [9.17, 15) is 5.11 Å². The van der Waals surface area contributed by atoms with Gasteiger partial charge in [0, 0.05) is 19.1 Å². The Bertz CT molecular complexity index is 128. The number of β-amino-alcohol motifs (C(OH)–C–C–N with tert-alkyl or cyclic N) is 1. The first-order valence-corrected chi connectivity index (χ1v) is 4.82. The van der Waals surface area contributed by atoms with Crippen LogP contribution >= 0.6 is 0 Å². The summed E-state index contributed by atoms with van der Waals surface area (Å²) in [5.74, 6) is 0.439. The fourth-order valence-corrected chi connectivity index (χ4v) is 1.52. The minimum Gasteiger partial charge on any atom is -0.391 e. The number of hydrogen-bond acceptors (Lipinski definition) is 3. The van der Waals surface area contributed by atoms with Gasteiger partial charge in [-0.15, -0.1) is 0 Å². The van der Waals surface area contributed by atoms with Crippen molar-refractivity contribution in [2.75, 3.05) is 19.6 Å². The van der Waals surface area contributed by atoms with Crippen molar-refractivity contribution >= 4 is 0 Å². The molecule has 1 aliphatic rings. The number of aliphatic hydroxyl groups is 1. The molecule has 1 heterocycles. The maximum atomic E-state index is 9.58. The summed E-state index contributed by atoms with van der Waals surface area (Å²) in [7, 11) is 0. The van der Waals surface area contributed by atoms with Crippen LogP contribution in [0.2, 0.25) is 0 Å². The Hall–Kier alpha value is -0.120. The largest absolute Gasteiger partial charge is 0.391 e. The van der Waals surface area contributed by atoms with Gasteiger partial charge in [-0.3, -0.25) is 0 Å². The summed E-state index contributed by atoms with van der Waals surface area (Å²) in [4.78, 5) is 0. The molecule has 0 bridgehead atoms.